The van der Waals surface area contributed by atoms with Gasteiger partial charge in [-0.1, -0.05) is 6.92 Å². The molecule has 1 fully saturated rings. The lowest BCUT2D eigenvalue weighted by Crippen LogP contribution is -2.45. The van der Waals surface area contributed by atoms with Crippen molar-refractivity contribution in [2.45, 2.75) is 25.8 Å². The summed E-state index contributed by atoms with van der Waals surface area (Å²) < 4.78 is 0. The van der Waals surface area contributed by atoms with E-state index in [1.165, 1.54) is 0 Å². The zero-order valence-electron chi connectivity index (χ0n) is 9.98. The number of rotatable bonds is 5. The van der Waals surface area contributed by atoms with Gasteiger partial charge in [-0.25, -0.2) is 0 Å². The van der Waals surface area contributed by atoms with Gasteiger partial charge in [0.05, 0.1) is 6.54 Å². The van der Waals surface area contributed by atoms with Crippen LogP contribution in [0.4, 0.5) is 0 Å². The number of piperidine rings is 1. The zero-order valence-corrected chi connectivity index (χ0v) is 9.98. The Kier molecular flexibility index (Phi) is 5.73. The predicted molar refractivity (Wildman–Crippen MR) is 62.9 cm³/mol. The molecule has 0 aromatic rings. The van der Waals surface area contributed by atoms with E-state index in [0.717, 1.165) is 25.9 Å². The zero-order chi connectivity index (χ0) is 12.0. The summed E-state index contributed by atoms with van der Waals surface area (Å²) in [6, 6.07) is 0.300. The SMILES string of the molecule is CC(CO)CNC(=O)CN1CCC(N)CC1. The van der Waals surface area contributed by atoms with E-state index < -0.39 is 0 Å². The highest BCUT2D eigenvalue weighted by atomic mass is 16.3. The van der Waals surface area contributed by atoms with Crippen molar-refractivity contribution in [3.63, 3.8) is 0 Å². The summed E-state index contributed by atoms with van der Waals surface area (Å²) in [6.45, 7) is 4.82. The van der Waals surface area contributed by atoms with Crippen LogP contribution in [0.15, 0.2) is 0 Å². The van der Waals surface area contributed by atoms with E-state index in [4.69, 9.17) is 10.8 Å². The summed E-state index contributed by atoms with van der Waals surface area (Å²) >= 11 is 0. The number of nitrogens with two attached hydrogens (primary N) is 1. The lowest BCUT2D eigenvalue weighted by molar-refractivity contribution is -0.122. The first-order valence-electron chi connectivity index (χ1n) is 5.97. The number of hydrogen-bond donors (Lipinski definition) is 3. The molecule has 1 aliphatic rings. The number of aliphatic hydroxyl groups is 1. The Bertz CT molecular complexity index is 215. The smallest absolute Gasteiger partial charge is 0.234 e. The van der Waals surface area contributed by atoms with Crippen molar-refractivity contribution in [2.75, 3.05) is 32.8 Å². The molecule has 94 valence electrons. The molecule has 0 aromatic carbocycles. The molecule has 1 unspecified atom stereocenters. The normalized spacial score (nSPS) is 20.7. The number of nitrogens with zero attached hydrogens (tertiary/aromatic N) is 1. The van der Waals surface area contributed by atoms with E-state index in [2.05, 4.69) is 10.2 Å². The van der Waals surface area contributed by atoms with E-state index in [9.17, 15) is 4.79 Å². The molecule has 0 aromatic heterocycles. The molecule has 0 radical (unpaired) electrons. The van der Waals surface area contributed by atoms with Gasteiger partial charge in [0.25, 0.3) is 0 Å². The van der Waals surface area contributed by atoms with Crippen molar-refractivity contribution in [1.82, 2.24) is 10.2 Å². The molecule has 5 heteroatoms. The van der Waals surface area contributed by atoms with Crippen LogP contribution in [-0.2, 0) is 4.79 Å². The topological polar surface area (TPSA) is 78.6 Å². The fourth-order valence-corrected chi connectivity index (χ4v) is 1.72. The maximum atomic E-state index is 11.5. The number of hydrogen-bond acceptors (Lipinski definition) is 4. The van der Waals surface area contributed by atoms with Gasteiger partial charge in [0.15, 0.2) is 0 Å². The van der Waals surface area contributed by atoms with Crippen LogP contribution in [-0.4, -0.2) is 54.7 Å². The number of carbonyl (C=O) groups excluding carboxylic acids is 1. The first kappa shape index (κ1) is 13.4. The van der Waals surface area contributed by atoms with Crippen LogP contribution >= 0.6 is 0 Å². The molecule has 1 aliphatic heterocycles. The van der Waals surface area contributed by atoms with Crippen molar-refractivity contribution in [1.29, 1.82) is 0 Å². The summed E-state index contributed by atoms with van der Waals surface area (Å²) in [5.41, 5.74) is 5.79. The van der Waals surface area contributed by atoms with E-state index >= 15 is 0 Å². The predicted octanol–water partition coefficient (Wildman–Crippen LogP) is -0.846. The minimum absolute atomic E-state index is 0.0378. The molecule has 4 N–H and O–H groups in total. The lowest BCUT2D eigenvalue weighted by atomic mass is 10.1. The molecule has 0 saturated carbocycles. The second-order valence-electron chi connectivity index (χ2n) is 4.71. The summed E-state index contributed by atoms with van der Waals surface area (Å²) in [4.78, 5) is 13.7. The van der Waals surface area contributed by atoms with E-state index in [1.807, 2.05) is 6.92 Å². The average Bonchev–Trinajstić information content (AvgIpc) is 2.29. The Morgan fingerprint density at radius 1 is 1.56 bits per heavy atom. The monoisotopic (exact) mass is 229 g/mol. The molecule has 1 amide bonds. The Balaban J connectivity index is 2.14. The van der Waals surface area contributed by atoms with Crippen molar-refractivity contribution in [2.24, 2.45) is 11.7 Å². The van der Waals surface area contributed by atoms with Crippen LogP contribution in [0.3, 0.4) is 0 Å². The summed E-state index contributed by atoms with van der Waals surface area (Å²) in [5.74, 6) is 0.162. The van der Waals surface area contributed by atoms with Crippen LogP contribution < -0.4 is 11.1 Å². The molecule has 0 bridgehead atoms. The largest absolute Gasteiger partial charge is 0.396 e. The number of amides is 1. The molecule has 1 heterocycles. The van der Waals surface area contributed by atoms with Gasteiger partial charge < -0.3 is 16.2 Å². The number of likely N-dealkylation sites (tertiary alicyclic amines) is 1. The third-order valence-electron chi connectivity index (χ3n) is 2.96. The van der Waals surface area contributed by atoms with Crippen LogP contribution in [0.1, 0.15) is 19.8 Å². The molecule has 5 nitrogen and oxygen atoms in total. The second-order valence-corrected chi connectivity index (χ2v) is 4.71. The fourth-order valence-electron chi connectivity index (χ4n) is 1.72. The summed E-state index contributed by atoms with van der Waals surface area (Å²) in [6.07, 6.45) is 1.95. The average molecular weight is 229 g/mol. The van der Waals surface area contributed by atoms with E-state index in [0.29, 0.717) is 19.1 Å². The number of aliphatic hydroxyl groups excluding tert-OH is 1. The van der Waals surface area contributed by atoms with Gasteiger partial charge in [-0.2, -0.15) is 0 Å². The maximum absolute atomic E-state index is 11.5. The van der Waals surface area contributed by atoms with Gasteiger partial charge in [0.2, 0.25) is 5.91 Å². The van der Waals surface area contributed by atoms with Crippen molar-refractivity contribution in [3.05, 3.63) is 0 Å². The van der Waals surface area contributed by atoms with E-state index in [1.54, 1.807) is 0 Å². The van der Waals surface area contributed by atoms with Crippen LogP contribution in [0.2, 0.25) is 0 Å². The van der Waals surface area contributed by atoms with E-state index in [-0.39, 0.29) is 18.4 Å². The van der Waals surface area contributed by atoms with Crippen LogP contribution in [0.5, 0.6) is 0 Å². The molecule has 1 rings (SSSR count). The third kappa shape index (κ3) is 4.92. The van der Waals surface area contributed by atoms with Crippen molar-refractivity contribution < 1.29 is 9.90 Å². The van der Waals surface area contributed by atoms with Gasteiger partial charge in [0, 0.05) is 32.3 Å². The van der Waals surface area contributed by atoms with Gasteiger partial charge in [0.1, 0.15) is 0 Å². The fraction of sp³-hybridized carbons (Fsp3) is 0.909. The lowest BCUT2D eigenvalue weighted by Gasteiger charge is -2.29. The Morgan fingerprint density at radius 3 is 2.75 bits per heavy atom. The second kappa shape index (κ2) is 6.83. The molecule has 1 atom stereocenters. The third-order valence-corrected chi connectivity index (χ3v) is 2.96. The summed E-state index contributed by atoms with van der Waals surface area (Å²) in [7, 11) is 0. The highest BCUT2D eigenvalue weighted by Gasteiger charge is 2.18. The molecule has 0 aliphatic carbocycles. The minimum Gasteiger partial charge on any atom is -0.396 e. The summed E-state index contributed by atoms with van der Waals surface area (Å²) in [5, 5.41) is 11.6. The standard InChI is InChI=1S/C11H23N3O2/c1-9(8-15)6-13-11(16)7-14-4-2-10(12)3-5-14/h9-10,15H,2-8,12H2,1H3,(H,13,16). The van der Waals surface area contributed by atoms with Gasteiger partial charge >= 0.3 is 0 Å². The number of carbonyl (C=O) groups is 1. The van der Waals surface area contributed by atoms with Crippen molar-refractivity contribution in [3.8, 4) is 0 Å². The minimum atomic E-state index is 0.0378. The maximum Gasteiger partial charge on any atom is 0.234 e. The number of nitrogens with one attached hydrogen (secondary N) is 1. The molecule has 0 spiro atoms. The van der Waals surface area contributed by atoms with Gasteiger partial charge in [-0.3, -0.25) is 9.69 Å². The Morgan fingerprint density at radius 2 is 2.19 bits per heavy atom. The van der Waals surface area contributed by atoms with Gasteiger partial charge in [-0.05, 0) is 18.8 Å². The molecular weight excluding hydrogens is 206 g/mol. The highest BCUT2D eigenvalue weighted by Crippen LogP contribution is 2.07. The molecule has 1 saturated heterocycles. The Hall–Kier alpha value is -0.650. The first-order valence-corrected chi connectivity index (χ1v) is 5.97. The van der Waals surface area contributed by atoms with Crippen LogP contribution in [0.25, 0.3) is 0 Å². The molecular formula is C11H23N3O2. The first-order chi connectivity index (χ1) is 7.61. The van der Waals surface area contributed by atoms with Crippen LogP contribution in [0, 0.1) is 5.92 Å². The highest BCUT2D eigenvalue weighted by molar-refractivity contribution is 5.78. The Labute approximate surface area is 97.0 Å². The molecule has 16 heavy (non-hydrogen) atoms. The van der Waals surface area contributed by atoms with Crippen molar-refractivity contribution >= 4 is 5.91 Å². The quantitative estimate of drug-likeness (QED) is 0.574. The van der Waals surface area contributed by atoms with Gasteiger partial charge in [-0.15, -0.1) is 0 Å².